The summed E-state index contributed by atoms with van der Waals surface area (Å²) in [6.07, 6.45) is 1.78. The normalized spacial score (nSPS) is 16.7. The molecule has 4 rings (SSSR count). The summed E-state index contributed by atoms with van der Waals surface area (Å²) in [5.74, 6) is 2.25. The van der Waals surface area contributed by atoms with Crippen molar-refractivity contribution in [3.63, 3.8) is 0 Å². The highest BCUT2D eigenvalue weighted by Crippen LogP contribution is 2.38. The molecule has 2 aromatic carbocycles. The van der Waals surface area contributed by atoms with Crippen LogP contribution in [0, 0.1) is 0 Å². The van der Waals surface area contributed by atoms with Crippen LogP contribution < -0.4 is 18.9 Å². The fourth-order valence-electron chi connectivity index (χ4n) is 2.82. The zero-order valence-corrected chi connectivity index (χ0v) is 18.0. The summed E-state index contributed by atoms with van der Waals surface area (Å²) < 4.78 is 22.6. The molecule has 6 nitrogen and oxygen atoms in total. The topological polar surface area (TPSA) is 57.2 Å². The van der Waals surface area contributed by atoms with Crippen molar-refractivity contribution in [2.75, 3.05) is 21.0 Å². The number of thioether (sulfide) groups is 1. The molecule has 0 saturated carbocycles. The standard InChI is InChI=1S/C20H16ClNO5S2/c1-22-19(23)18(29-20(22)28)6-11-3-4-14(15(5-11)24-2)25-9-12-7-16-17(8-13(12)21)27-10-26-16/h3-8H,9-10H2,1-2H3/b18-6+. The molecule has 0 spiro atoms. The average Bonchev–Trinajstić information content (AvgIpc) is 3.26. The molecule has 1 amide bonds. The number of thiocarbonyl (C=S) groups is 1. The molecule has 150 valence electrons. The molecule has 0 atom stereocenters. The highest BCUT2D eigenvalue weighted by molar-refractivity contribution is 8.26. The van der Waals surface area contributed by atoms with Crippen molar-refractivity contribution >= 4 is 51.9 Å². The number of hydrogen-bond acceptors (Lipinski definition) is 7. The second-order valence-corrected chi connectivity index (χ2v) is 8.32. The summed E-state index contributed by atoms with van der Waals surface area (Å²) in [5, 5.41) is 0.534. The number of hydrogen-bond donors (Lipinski definition) is 0. The van der Waals surface area contributed by atoms with Crippen LogP contribution in [0.4, 0.5) is 0 Å². The van der Waals surface area contributed by atoms with Crippen molar-refractivity contribution < 1.29 is 23.7 Å². The van der Waals surface area contributed by atoms with Crippen LogP contribution in [0.3, 0.4) is 0 Å². The first-order valence-electron chi connectivity index (χ1n) is 8.56. The van der Waals surface area contributed by atoms with E-state index >= 15 is 0 Å². The Kier molecular flexibility index (Phi) is 5.58. The van der Waals surface area contributed by atoms with Crippen molar-refractivity contribution in [2.45, 2.75) is 6.61 Å². The molecule has 9 heteroatoms. The van der Waals surface area contributed by atoms with Crippen molar-refractivity contribution in [1.29, 1.82) is 0 Å². The Bertz CT molecular complexity index is 1040. The number of methoxy groups -OCH3 is 1. The van der Waals surface area contributed by atoms with E-state index in [0.717, 1.165) is 11.1 Å². The maximum absolute atomic E-state index is 12.2. The molecular weight excluding hydrogens is 434 g/mol. The molecule has 0 aliphatic carbocycles. The highest BCUT2D eigenvalue weighted by Gasteiger charge is 2.28. The van der Waals surface area contributed by atoms with Crippen molar-refractivity contribution in [3.8, 4) is 23.0 Å². The zero-order valence-electron chi connectivity index (χ0n) is 15.6. The summed E-state index contributed by atoms with van der Waals surface area (Å²) >= 11 is 12.7. The molecule has 29 heavy (non-hydrogen) atoms. The number of carbonyl (C=O) groups excluding carboxylic acids is 1. The predicted octanol–water partition coefficient (Wildman–Crippen LogP) is 4.49. The Morgan fingerprint density at radius 2 is 2.00 bits per heavy atom. The summed E-state index contributed by atoms with van der Waals surface area (Å²) in [5.41, 5.74) is 1.58. The number of nitrogens with zero attached hydrogens (tertiary/aromatic N) is 1. The van der Waals surface area contributed by atoms with Crippen LogP contribution in [0.2, 0.25) is 5.02 Å². The van der Waals surface area contributed by atoms with E-state index in [-0.39, 0.29) is 19.3 Å². The summed E-state index contributed by atoms with van der Waals surface area (Å²) in [6, 6.07) is 8.96. The van der Waals surface area contributed by atoms with Gasteiger partial charge in [-0.1, -0.05) is 41.6 Å². The Hall–Kier alpha value is -2.42. The Morgan fingerprint density at radius 1 is 1.24 bits per heavy atom. The van der Waals surface area contributed by atoms with Crippen LogP contribution in [0.5, 0.6) is 23.0 Å². The third-order valence-electron chi connectivity index (χ3n) is 4.40. The lowest BCUT2D eigenvalue weighted by molar-refractivity contribution is -0.121. The van der Waals surface area contributed by atoms with Crippen molar-refractivity contribution in [1.82, 2.24) is 4.90 Å². The number of benzene rings is 2. The molecule has 2 aromatic rings. The number of fused-ring (bicyclic) bond motifs is 1. The van der Waals surface area contributed by atoms with Crippen LogP contribution in [0.1, 0.15) is 11.1 Å². The fraction of sp³-hybridized carbons (Fsp3) is 0.200. The first kappa shape index (κ1) is 19.9. The molecule has 0 radical (unpaired) electrons. The number of halogens is 1. The van der Waals surface area contributed by atoms with Crippen LogP contribution in [0.25, 0.3) is 6.08 Å². The van der Waals surface area contributed by atoms with Crippen LogP contribution >= 0.6 is 35.6 Å². The molecule has 2 aliphatic rings. The van der Waals surface area contributed by atoms with E-state index in [1.165, 1.54) is 16.7 Å². The van der Waals surface area contributed by atoms with E-state index in [9.17, 15) is 4.79 Å². The number of carbonyl (C=O) groups is 1. The molecule has 2 aliphatic heterocycles. The second-order valence-electron chi connectivity index (χ2n) is 6.24. The molecule has 2 heterocycles. The van der Waals surface area contributed by atoms with E-state index in [2.05, 4.69) is 0 Å². The molecule has 0 unspecified atom stereocenters. The maximum Gasteiger partial charge on any atom is 0.265 e. The number of likely N-dealkylation sites (N-methyl/N-ethyl adjacent to an activating group) is 1. The lowest BCUT2D eigenvalue weighted by atomic mass is 10.1. The van der Waals surface area contributed by atoms with Crippen LogP contribution in [-0.4, -0.2) is 36.1 Å². The van der Waals surface area contributed by atoms with Gasteiger partial charge in [-0.15, -0.1) is 0 Å². The fourth-order valence-corrected chi connectivity index (χ4v) is 4.20. The molecular formula is C20H16ClNO5S2. The third-order valence-corrected chi connectivity index (χ3v) is 6.23. The monoisotopic (exact) mass is 449 g/mol. The van der Waals surface area contributed by atoms with Crippen LogP contribution in [-0.2, 0) is 11.4 Å². The Balaban J connectivity index is 1.52. The van der Waals surface area contributed by atoms with E-state index in [4.69, 9.17) is 42.8 Å². The predicted molar refractivity (Wildman–Crippen MR) is 116 cm³/mol. The van der Waals surface area contributed by atoms with Gasteiger partial charge in [0.25, 0.3) is 5.91 Å². The van der Waals surface area contributed by atoms with Gasteiger partial charge < -0.3 is 18.9 Å². The van der Waals surface area contributed by atoms with Gasteiger partial charge in [0.05, 0.1) is 17.0 Å². The van der Waals surface area contributed by atoms with Gasteiger partial charge in [0.15, 0.2) is 23.0 Å². The lowest BCUT2D eigenvalue weighted by Gasteiger charge is -2.13. The minimum Gasteiger partial charge on any atom is -0.493 e. The molecule has 0 aromatic heterocycles. The number of amides is 1. The van der Waals surface area contributed by atoms with Crippen LogP contribution in [0.15, 0.2) is 35.2 Å². The smallest absolute Gasteiger partial charge is 0.265 e. The SMILES string of the molecule is COc1cc(/C=C2/SC(=S)N(C)C2=O)ccc1OCc1cc2c(cc1Cl)OCO2. The molecule has 0 N–H and O–H groups in total. The van der Waals surface area contributed by atoms with Gasteiger partial charge in [0.2, 0.25) is 6.79 Å². The van der Waals surface area contributed by atoms with Gasteiger partial charge in [-0.05, 0) is 29.8 Å². The zero-order chi connectivity index (χ0) is 20.5. The molecule has 1 fully saturated rings. The van der Waals surface area contributed by atoms with Gasteiger partial charge in [-0.2, -0.15) is 0 Å². The van der Waals surface area contributed by atoms with E-state index in [0.29, 0.717) is 37.2 Å². The summed E-state index contributed by atoms with van der Waals surface area (Å²) in [6.45, 7) is 0.418. The van der Waals surface area contributed by atoms with Gasteiger partial charge in [-0.3, -0.25) is 9.69 Å². The quantitative estimate of drug-likeness (QED) is 0.492. The Labute approximate surface area is 182 Å². The molecule has 0 bridgehead atoms. The maximum atomic E-state index is 12.2. The number of ether oxygens (including phenoxy) is 4. The van der Waals surface area contributed by atoms with E-state index < -0.39 is 0 Å². The largest absolute Gasteiger partial charge is 0.493 e. The van der Waals surface area contributed by atoms with E-state index in [1.54, 1.807) is 44.5 Å². The summed E-state index contributed by atoms with van der Waals surface area (Å²) in [7, 11) is 3.22. The highest BCUT2D eigenvalue weighted by atomic mass is 35.5. The minimum absolute atomic E-state index is 0.114. The van der Waals surface area contributed by atoms with Gasteiger partial charge in [-0.25, -0.2) is 0 Å². The average molecular weight is 450 g/mol. The van der Waals surface area contributed by atoms with Gasteiger partial charge >= 0.3 is 0 Å². The van der Waals surface area contributed by atoms with Gasteiger partial charge in [0.1, 0.15) is 10.9 Å². The first-order chi connectivity index (χ1) is 14.0. The third kappa shape index (κ3) is 4.01. The first-order valence-corrected chi connectivity index (χ1v) is 10.2. The second kappa shape index (κ2) is 8.14. The lowest BCUT2D eigenvalue weighted by Crippen LogP contribution is -2.22. The van der Waals surface area contributed by atoms with Crippen molar-refractivity contribution in [3.05, 3.63) is 51.4 Å². The Morgan fingerprint density at radius 3 is 2.69 bits per heavy atom. The van der Waals surface area contributed by atoms with E-state index in [1.807, 2.05) is 6.07 Å². The summed E-state index contributed by atoms with van der Waals surface area (Å²) in [4.78, 5) is 14.2. The van der Waals surface area contributed by atoms with Gasteiger partial charge in [0, 0.05) is 18.7 Å². The minimum atomic E-state index is -0.114. The van der Waals surface area contributed by atoms with Crippen molar-refractivity contribution in [2.24, 2.45) is 0 Å². The number of rotatable bonds is 5. The molecule has 1 saturated heterocycles.